The van der Waals surface area contributed by atoms with Gasteiger partial charge in [0.25, 0.3) is 5.91 Å². The summed E-state index contributed by atoms with van der Waals surface area (Å²) < 4.78 is 0. The standard InChI is InChI=1S/C14H20N4OS.C3H6.C2H6/c1-5-11-8-13(20-10(11)2)14(19)18-17-7-6-12(16-4)9-15-3;1-3-2;1-2/h8-9,17H,3-7H2,1-2H3,(H,18,19);3H,1H2,2H3;1-2H3/b12-9-;;. The first-order chi connectivity index (χ1) is 12.0. The molecule has 0 aliphatic carbocycles. The van der Waals surface area contributed by atoms with E-state index in [0.717, 1.165) is 17.0 Å². The first-order valence-electron chi connectivity index (χ1n) is 8.35. The highest BCUT2D eigenvalue weighted by molar-refractivity contribution is 7.14. The lowest BCUT2D eigenvalue weighted by Crippen LogP contribution is -2.37. The Morgan fingerprint density at radius 3 is 2.40 bits per heavy atom. The fraction of sp³-hybridized carbons (Fsp3) is 0.421. The molecule has 6 heteroatoms. The summed E-state index contributed by atoms with van der Waals surface area (Å²) >= 11 is 1.51. The smallest absolute Gasteiger partial charge is 0.275 e. The van der Waals surface area contributed by atoms with Crippen LogP contribution in [0.5, 0.6) is 0 Å². The molecule has 5 nitrogen and oxygen atoms in total. The van der Waals surface area contributed by atoms with Crippen molar-refractivity contribution in [3.63, 3.8) is 0 Å². The molecule has 0 saturated heterocycles. The van der Waals surface area contributed by atoms with Gasteiger partial charge < -0.3 is 0 Å². The van der Waals surface area contributed by atoms with E-state index in [2.05, 4.69) is 47.8 Å². The van der Waals surface area contributed by atoms with Crippen LogP contribution in [-0.2, 0) is 6.42 Å². The van der Waals surface area contributed by atoms with E-state index < -0.39 is 0 Å². The summed E-state index contributed by atoms with van der Waals surface area (Å²) in [5, 5.41) is 0. The number of nitrogens with zero attached hydrogens (tertiary/aromatic N) is 2. The normalized spacial score (nSPS) is 9.72. The molecule has 140 valence electrons. The predicted molar refractivity (Wildman–Crippen MR) is 113 cm³/mol. The molecule has 1 aromatic rings. The summed E-state index contributed by atoms with van der Waals surface area (Å²) in [6, 6.07) is 1.94. The Labute approximate surface area is 156 Å². The Kier molecular flexibility index (Phi) is 16.9. The number of aryl methyl sites for hydroxylation is 2. The lowest BCUT2D eigenvalue weighted by Gasteiger charge is -2.05. The number of hydrogen-bond acceptors (Lipinski definition) is 5. The first-order valence-corrected chi connectivity index (χ1v) is 9.16. The monoisotopic (exact) mass is 364 g/mol. The van der Waals surface area contributed by atoms with Crippen molar-refractivity contribution in [1.82, 2.24) is 10.9 Å². The highest BCUT2D eigenvalue weighted by Gasteiger charge is 2.10. The minimum absolute atomic E-state index is 0.114. The van der Waals surface area contributed by atoms with E-state index in [4.69, 9.17) is 0 Å². The van der Waals surface area contributed by atoms with Gasteiger partial charge in [0, 0.05) is 24.0 Å². The van der Waals surface area contributed by atoms with Crippen molar-refractivity contribution >= 4 is 30.7 Å². The van der Waals surface area contributed by atoms with Gasteiger partial charge in [-0.25, -0.2) is 5.43 Å². The molecule has 0 radical (unpaired) electrons. The number of carbonyl (C=O) groups is 1. The van der Waals surface area contributed by atoms with Gasteiger partial charge in [-0.15, -0.1) is 17.9 Å². The van der Waals surface area contributed by atoms with Crippen molar-refractivity contribution in [2.45, 2.75) is 47.5 Å². The molecule has 1 rings (SSSR count). The van der Waals surface area contributed by atoms with Gasteiger partial charge in [-0.3, -0.25) is 20.2 Å². The van der Waals surface area contributed by atoms with Gasteiger partial charge in [-0.2, -0.15) is 0 Å². The van der Waals surface area contributed by atoms with E-state index in [9.17, 15) is 4.79 Å². The van der Waals surface area contributed by atoms with Crippen LogP contribution in [0.2, 0.25) is 0 Å². The Hall–Kier alpha value is -2.05. The van der Waals surface area contributed by atoms with Crippen molar-refractivity contribution in [2.24, 2.45) is 9.98 Å². The number of allylic oxidation sites excluding steroid dienone is 1. The molecule has 0 aromatic carbocycles. The number of aliphatic imine (C=N–C) groups is 2. The number of rotatable bonds is 8. The van der Waals surface area contributed by atoms with E-state index in [0.29, 0.717) is 13.0 Å². The molecule has 0 saturated carbocycles. The lowest BCUT2D eigenvalue weighted by molar-refractivity contribution is 0.0937. The van der Waals surface area contributed by atoms with Crippen molar-refractivity contribution in [3.8, 4) is 0 Å². The molecule has 0 aliphatic heterocycles. The topological polar surface area (TPSA) is 65.8 Å². The summed E-state index contributed by atoms with van der Waals surface area (Å²) in [5.41, 5.74) is 7.49. The fourth-order valence-electron chi connectivity index (χ4n) is 1.67. The van der Waals surface area contributed by atoms with Gasteiger partial charge >= 0.3 is 0 Å². The van der Waals surface area contributed by atoms with Gasteiger partial charge in [0.05, 0.1) is 10.6 Å². The van der Waals surface area contributed by atoms with Crippen LogP contribution in [0.25, 0.3) is 0 Å². The maximum atomic E-state index is 11.9. The van der Waals surface area contributed by atoms with Crippen LogP contribution in [-0.4, -0.2) is 25.9 Å². The Morgan fingerprint density at radius 2 is 1.96 bits per heavy atom. The maximum absolute atomic E-state index is 11.9. The van der Waals surface area contributed by atoms with E-state index in [1.54, 1.807) is 12.3 Å². The van der Waals surface area contributed by atoms with Crippen LogP contribution in [0, 0.1) is 6.92 Å². The summed E-state index contributed by atoms with van der Waals surface area (Å²) in [6.45, 7) is 20.7. The van der Waals surface area contributed by atoms with Crippen molar-refractivity contribution in [1.29, 1.82) is 0 Å². The number of amides is 1. The summed E-state index contributed by atoms with van der Waals surface area (Å²) in [4.78, 5) is 21.3. The van der Waals surface area contributed by atoms with Gasteiger partial charge in [0.1, 0.15) is 0 Å². The van der Waals surface area contributed by atoms with Crippen molar-refractivity contribution in [3.05, 3.63) is 45.9 Å². The lowest BCUT2D eigenvalue weighted by atomic mass is 10.2. The highest BCUT2D eigenvalue weighted by atomic mass is 32.1. The number of thiophene rings is 1. The number of hydrogen-bond donors (Lipinski definition) is 2. The average Bonchev–Trinajstić information content (AvgIpc) is 3.01. The van der Waals surface area contributed by atoms with E-state index >= 15 is 0 Å². The number of carbonyl (C=O) groups excluding carboxylic acids is 1. The second-order valence-electron chi connectivity index (χ2n) is 4.55. The molecular formula is C19H32N4OS. The zero-order valence-electron chi connectivity index (χ0n) is 16.2. The third kappa shape index (κ3) is 11.2. The Morgan fingerprint density at radius 1 is 1.36 bits per heavy atom. The quantitative estimate of drug-likeness (QED) is 0.304. The molecule has 25 heavy (non-hydrogen) atoms. The third-order valence-corrected chi connectivity index (χ3v) is 3.87. The van der Waals surface area contributed by atoms with Crippen LogP contribution in [0.4, 0.5) is 0 Å². The van der Waals surface area contributed by atoms with Crippen LogP contribution >= 0.6 is 11.3 Å². The minimum Gasteiger partial charge on any atom is -0.287 e. The molecule has 1 heterocycles. The maximum Gasteiger partial charge on any atom is 0.275 e. The minimum atomic E-state index is -0.114. The van der Waals surface area contributed by atoms with E-state index in [1.807, 2.05) is 33.8 Å². The zero-order chi connectivity index (χ0) is 19.7. The average molecular weight is 365 g/mol. The number of hydrazine groups is 1. The van der Waals surface area contributed by atoms with Crippen LogP contribution in [0.3, 0.4) is 0 Å². The molecular weight excluding hydrogens is 332 g/mol. The second kappa shape index (κ2) is 16.8. The molecule has 0 aliphatic rings. The molecule has 1 amide bonds. The first kappa shape index (κ1) is 25.2. The molecule has 0 fully saturated rings. The van der Waals surface area contributed by atoms with Gasteiger partial charge in [-0.1, -0.05) is 26.8 Å². The summed E-state index contributed by atoms with van der Waals surface area (Å²) in [5.74, 6) is -0.114. The summed E-state index contributed by atoms with van der Waals surface area (Å²) in [7, 11) is 0. The number of nitrogens with one attached hydrogen (secondary N) is 2. The van der Waals surface area contributed by atoms with Crippen LogP contribution in [0.1, 0.15) is 54.2 Å². The summed E-state index contributed by atoms with van der Waals surface area (Å²) in [6.07, 6.45) is 4.86. The predicted octanol–water partition coefficient (Wildman–Crippen LogP) is 4.70. The molecule has 0 bridgehead atoms. The van der Waals surface area contributed by atoms with E-state index in [1.165, 1.54) is 21.8 Å². The van der Waals surface area contributed by atoms with E-state index in [-0.39, 0.29) is 5.91 Å². The molecule has 0 unspecified atom stereocenters. The second-order valence-corrected chi connectivity index (χ2v) is 5.80. The van der Waals surface area contributed by atoms with Crippen LogP contribution in [0.15, 0.2) is 40.6 Å². The Balaban J connectivity index is 0. The third-order valence-electron chi connectivity index (χ3n) is 2.78. The zero-order valence-corrected chi connectivity index (χ0v) is 17.0. The highest BCUT2D eigenvalue weighted by Crippen LogP contribution is 2.21. The van der Waals surface area contributed by atoms with Crippen molar-refractivity contribution in [2.75, 3.05) is 6.54 Å². The van der Waals surface area contributed by atoms with Crippen LogP contribution < -0.4 is 10.9 Å². The molecule has 0 spiro atoms. The Bertz CT molecular complexity index is 562. The van der Waals surface area contributed by atoms with Gasteiger partial charge in [0.15, 0.2) is 0 Å². The largest absolute Gasteiger partial charge is 0.287 e. The van der Waals surface area contributed by atoms with Gasteiger partial charge in [0.2, 0.25) is 0 Å². The molecule has 0 atom stereocenters. The SMILES string of the molecule is C=CC.C=N/C=C(/CCNNC(=O)c1cc(CC)c(C)s1)N=C.CC. The fourth-order valence-corrected chi connectivity index (χ4v) is 2.68. The molecule has 2 N–H and O–H groups in total. The van der Waals surface area contributed by atoms with Gasteiger partial charge in [-0.05, 0) is 45.3 Å². The molecule has 1 aromatic heterocycles. The van der Waals surface area contributed by atoms with Crippen molar-refractivity contribution < 1.29 is 4.79 Å².